The van der Waals surface area contributed by atoms with E-state index in [1.807, 2.05) is 6.92 Å². The maximum absolute atomic E-state index is 12.8. The highest BCUT2D eigenvalue weighted by atomic mass is 35.5. The molecule has 2 atom stereocenters. The Morgan fingerprint density at radius 2 is 2.04 bits per heavy atom. The summed E-state index contributed by atoms with van der Waals surface area (Å²) < 4.78 is 5.17. The molecule has 2 aliphatic rings. The Balaban J connectivity index is 1.60. The number of esters is 1. The Bertz CT molecular complexity index is 691. The van der Waals surface area contributed by atoms with Crippen molar-refractivity contribution in [3.8, 4) is 0 Å². The molecule has 3 rings (SSSR count). The van der Waals surface area contributed by atoms with Crippen molar-refractivity contribution in [2.75, 3.05) is 6.54 Å². The second-order valence-electron chi connectivity index (χ2n) is 6.73. The fourth-order valence-electron chi connectivity index (χ4n) is 3.56. The highest BCUT2D eigenvalue weighted by molar-refractivity contribution is 6.30. The Labute approximate surface area is 151 Å². The molecule has 7 heteroatoms. The number of hydrogen-bond donors (Lipinski definition) is 1. The number of urea groups is 1. The summed E-state index contributed by atoms with van der Waals surface area (Å²) in [7, 11) is 0. The average Bonchev–Trinajstić information content (AvgIpc) is 2.82. The molecule has 1 saturated heterocycles. The second-order valence-corrected chi connectivity index (χ2v) is 7.16. The third-order valence-corrected chi connectivity index (χ3v) is 5.35. The molecule has 0 radical (unpaired) electrons. The van der Waals surface area contributed by atoms with Crippen LogP contribution in [0.5, 0.6) is 0 Å². The molecule has 0 unspecified atom stereocenters. The minimum Gasteiger partial charge on any atom is -0.459 e. The summed E-state index contributed by atoms with van der Waals surface area (Å²) in [5, 5.41) is 3.42. The van der Waals surface area contributed by atoms with E-state index >= 15 is 0 Å². The highest BCUT2D eigenvalue weighted by Crippen LogP contribution is 2.38. The van der Waals surface area contributed by atoms with Crippen LogP contribution in [0.3, 0.4) is 0 Å². The largest absolute Gasteiger partial charge is 0.459 e. The number of amides is 3. The summed E-state index contributed by atoms with van der Waals surface area (Å²) in [4.78, 5) is 38.0. The molecule has 2 fully saturated rings. The maximum atomic E-state index is 12.8. The Morgan fingerprint density at radius 3 is 2.72 bits per heavy atom. The Morgan fingerprint density at radius 1 is 1.32 bits per heavy atom. The van der Waals surface area contributed by atoms with Crippen molar-refractivity contribution < 1.29 is 19.1 Å². The van der Waals surface area contributed by atoms with E-state index in [2.05, 4.69) is 5.32 Å². The van der Waals surface area contributed by atoms with Crippen LogP contribution in [0.15, 0.2) is 24.3 Å². The lowest BCUT2D eigenvalue weighted by Crippen LogP contribution is -2.54. The first-order valence-corrected chi connectivity index (χ1v) is 8.84. The third-order valence-electron chi connectivity index (χ3n) is 5.10. The number of rotatable bonds is 4. The van der Waals surface area contributed by atoms with Gasteiger partial charge < -0.3 is 10.1 Å². The van der Waals surface area contributed by atoms with E-state index < -0.39 is 17.5 Å². The van der Waals surface area contributed by atoms with Gasteiger partial charge in [-0.3, -0.25) is 14.5 Å². The molecular formula is C18H21ClN2O4. The molecule has 1 spiro atoms. The van der Waals surface area contributed by atoms with Crippen LogP contribution >= 0.6 is 11.6 Å². The van der Waals surface area contributed by atoms with E-state index in [1.54, 1.807) is 24.3 Å². The molecule has 1 heterocycles. The molecule has 1 aliphatic carbocycles. The van der Waals surface area contributed by atoms with Gasteiger partial charge in [0.1, 0.15) is 18.7 Å². The first kappa shape index (κ1) is 17.7. The van der Waals surface area contributed by atoms with E-state index in [4.69, 9.17) is 16.3 Å². The summed E-state index contributed by atoms with van der Waals surface area (Å²) >= 11 is 5.81. The number of ether oxygens (including phenoxy) is 1. The van der Waals surface area contributed by atoms with Crippen molar-refractivity contribution in [2.24, 2.45) is 5.92 Å². The SMILES string of the molecule is C[C@H]1CCCC[C@@]12NC(=O)N(CC(=O)OCc1ccc(Cl)cc1)C2=O. The fraction of sp³-hybridized carbons (Fsp3) is 0.500. The van der Waals surface area contributed by atoms with Crippen molar-refractivity contribution >= 4 is 29.5 Å². The minimum atomic E-state index is -0.855. The summed E-state index contributed by atoms with van der Waals surface area (Å²) in [6.07, 6.45) is 3.45. The number of carbonyl (C=O) groups excluding carboxylic acids is 3. The van der Waals surface area contributed by atoms with Gasteiger partial charge >= 0.3 is 12.0 Å². The van der Waals surface area contributed by atoms with Gasteiger partial charge in [0.15, 0.2) is 0 Å². The number of carbonyl (C=O) groups is 3. The van der Waals surface area contributed by atoms with Crippen LogP contribution in [0, 0.1) is 5.92 Å². The molecule has 1 N–H and O–H groups in total. The van der Waals surface area contributed by atoms with Gasteiger partial charge in [0.05, 0.1) is 0 Å². The van der Waals surface area contributed by atoms with Crippen LogP contribution in [0.2, 0.25) is 5.02 Å². The molecule has 6 nitrogen and oxygen atoms in total. The minimum absolute atomic E-state index is 0.0628. The first-order chi connectivity index (χ1) is 11.9. The van der Waals surface area contributed by atoms with Crippen LogP contribution in [0.25, 0.3) is 0 Å². The predicted octanol–water partition coefficient (Wildman–Crippen LogP) is 2.88. The summed E-state index contributed by atoms with van der Waals surface area (Å²) in [5.74, 6) is -0.861. The quantitative estimate of drug-likeness (QED) is 0.658. The van der Waals surface area contributed by atoms with Crippen molar-refractivity contribution in [1.29, 1.82) is 0 Å². The van der Waals surface area contributed by atoms with Crippen LogP contribution in [0.4, 0.5) is 4.79 Å². The lowest BCUT2D eigenvalue weighted by Gasteiger charge is -2.36. The van der Waals surface area contributed by atoms with Gasteiger partial charge in [-0.1, -0.05) is 43.5 Å². The fourth-order valence-corrected chi connectivity index (χ4v) is 3.68. The molecule has 3 amide bonds. The molecular weight excluding hydrogens is 344 g/mol. The monoisotopic (exact) mass is 364 g/mol. The summed E-state index contributed by atoms with van der Waals surface area (Å²) in [5.41, 5.74) is -0.0708. The van der Waals surface area contributed by atoms with E-state index in [9.17, 15) is 14.4 Å². The van der Waals surface area contributed by atoms with Crippen molar-refractivity contribution in [2.45, 2.75) is 44.8 Å². The molecule has 25 heavy (non-hydrogen) atoms. The predicted molar refractivity (Wildman–Crippen MR) is 91.9 cm³/mol. The summed E-state index contributed by atoms with van der Waals surface area (Å²) in [6.45, 7) is 1.67. The highest BCUT2D eigenvalue weighted by Gasteiger charge is 2.55. The average molecular weight is 365 g/mol. The molecule has 0 bridgehead atoms. The number of benzene rings is 1. The summed E-state index contributed by atoms with van der Waals surface area (Å²) in [6, 6.07) is 6.40. The van der Waals surface area contributed by atoms with Gasteiger partial charge in [0.25, 0.3) is 5.91 Å². The lowest BCUT2D eigenvalue weighted by atomic mass is 9.73. The Kier molecular flexibility index (Phi) is 4.99. The van der Waals surface area contributed by atoms with Gasteiger partial charge in [-0.05, 0) is 36.5 Å². The molecule has 1 aromatic carbocycles. The number of nitrogens with zero attached hydrogens (tertiary/aromatic N) is 1. The van der Waals surface area contributed by atoms with E-state index in [0.29, 0.717) is 11.4 Å². The van der Waals surface area contributed by atoms with Gasteiger partial charge in [-0.25, -0.2) is 4.79 Å². The lowest BCUT2D eigenvalue weighted by molar-refractivity contribution is -0.149. The van der Waals surface area contributed by atoms with E-state index in [1.165, 1.54) is 0 Å². The van der Waals surface area contributed by atoms with Gasteiger partial charge in [-0.2, -0.15) is 0 Å². The number of hydrogen-bond acceptors (Lipinski definition) is 4. The van der Waals surface area contributed by atoms with Gasteiger partial charge in [0, 0.05) is 5.02 Å². The topological polar surface area (TPSA) is 75.7 Å². The maximum Gasteiger partial charge on any atom is 0.326 e. The van der Waals surface area contributed by atoms with Gasteiger partial charge in [-0.15, -0.1) is 0 Å². The normalized spacial score (nSPS) is 26.0. The van der Waals surface area contributed by atoms with E-state index in [0.717, 1.165) is 29.7 Å². The third kappa shape index (κ3) is 3.49. The van der Waals surface area contributed by atoms with Crippen LogP contribution in [-0.4, -0.2) is 34.9 Å². The molecule has 0 aromatic heterocycles. The van der Waals surface area contributed by atoms with E-state index in [-0.39, 0.29) is 25.0 Å². The molecule has 134 valence electrons. The smallest absolute Gasteiger partial charge is 0.326 e. The van der Waals surface area contributed by atoms with Crippen molar-refractivity contribution in [1.82, 2.24) is 10.2 Å². The van der Waals surface area contributed by atoms with Crippen LogP contribution < -0.4 is 5.32 Å². The number of halogens is 1. The molecule has 1 aromatic rings. The standard InChI is InChI=1S/C18H21ClN2O4/c1-12-4-2-3-9-18(12)16(23)21(17(24)20-18)10-15(22)25-11-13-5-7-14(19)8-6-13/h5-8,12H,2-4,9-11H2,1H3,(H,20,24)/t12-,18+/m0/s1. The first-order valence-electron chi connectivity index (χ1n) is 8.46. The zero-order valence-corrected chi connectivity index (χ0v) is 14.8. The van der Waals surface area contributed by atoms with Gasteiger partial charge in [0.2, 0.25) is 0 Å². The number of nitrogens with one attached hydrogen (secondary N) is 1. The second kappa shape index (κ2) is 7.04. The Hall–Kier alpha value is -2.08. The number of imide groups is 1. The molecule has 1 aliphatic heterocycles. The van der Waals surface area contributed by atoms with Crippen LogP contribution in [0.1, 0.15) is 38.2 Å². The zero-order chi connectivity index (χ0) is 18.0. The van der Waals surface area contributed by atoms with Crippen LogP contribution in [-0.2, 0) is 20.9 Å². The van der Waals surface area contributed by atoms with Crippen molar-refractivity contribution in [3.63, 3.8) is 0 Å². The van der Waals surface area contributed by atoms with Crippen molar-refractivity contribution in [3.05, 3.63) is 34.9 Å². The zero-order valence-electron chi connectivity index (χ0n) is 14.1. The molecule has 1 saturated carbocycles.